The maximum Gasteiger partial charge on any atom is 0.419 e. The number of amides is 1. The van der Waals surface area contributed by atoms with Crippen LogP contribution < -0.4 is 15.8 Å². The second kappa shape index (κ2) is 9.36. The van der Waals surface area contributed by atoms with Gasteiger partial charge in [0.25, 0.3) is 5.91 Å². The van der Waals surface area contributed by atoms with Gasteiger partial charge in [0.1, 0.15) is 5.75 Å². The number of hydrogen-bond donors (Lipinski definition) is 2. The number of para-hydroxylation sites is 1. The SMILES string of the molecule is CC(C)(C)N.COc1c(CNC(=O)c2ccncc2)cccc1C(F)(F)F. The van der Waals surface area contributed by atoms with E-state index >= 15 is 0 Å². The first kappa shape index (κ1) is 22.4. The van der Waals surface area contributed by atoms with Gasteiger partial charge in [-0.3, -0.25) is 9.78 Å². The fourth-order valence-corrected chi connectivity index (χ4v) is 1.97. The van der Waals surface area contributed by atoms with Crippen molar-refractivity contribution in [2.24, 2.45) is 5.73 Å². The molecule has 0 bridgehead atoms. The van der Waals surface area contributed by atoms with Crippen LogP contribution in [0.4, 0.5) is 13.2 Å². The number of pyridine rings is 1. The number of halogens is 3. The summed E-state index contributed by atoms with van der Waals surface area (Å²) in [6, 6.07) is 6.71. The zero-order valence-electron chi connectivity index (χ0n) is 15.7. The summed E-state index contributed by atoms with van der Waals surface area (Å²) >= 11 is 0. The summed E-state index contributed by atoms with van der Waals surface area (Å²) in [5.74, 6) is -0.688. The van der Waals surface area contributed by atoms with E-state index in [1.165, 1.54) is 43.8 Å². The first-order valence-corrected chi connectivity index (χ1v) is 8.13. The molecule has 0 saturated carbocycles. The third-order valence-electron chi connectivity index (χ3n) is 2.99. The molecule has 27 heavy (non-hydrogen) atoms. The van der Waals surface area contributed by atoms with Crippen molar-refractivity contribution in [3.63, 3.8) is 0 Å². The lowest BCUT2D eigenvalue weighted by atomic mass is 10.1. The first-order valence-electron chi connectivity index (χ1n) is 8.13. The van der Waals surface area contributed by atoms with E-state index in [1.54, 1.807) is 0 Å². The number of alkyl halides is 3. The van der Waals surface area contributed by atoms with Gasteiger partial charge in [-0.25, -0.2) is 0 Å². The number of nitrogens with two attached hydrogens (primary N) is 1. The maximum absolute atomic E-state index is 12.9. The van der Waals surface area contributed by atoms with Crippen molar-refractivity contribution in [2.75, 3.05) is 7.11 Å². The van der Waals surface area contributed by atoms with Gasteiger partial charge in [0.05, 0.1) is 12.7 Å². The number of carbonyl (C=O) groups is 1. The van der Waals surface area contributed by atoms with Crippen LogP contribution >= 0.6 is 0 Å². The molecule has 1 aromatic heterocycles. The minimum Gasteiger partial charge on any atom is -0.496 e. The predicted octanol–water partition coefficient (Wildman–Crippen LogP) is 3.78. The van der Waals surface area contributed by atoms with E-state index in [0.717, 1.165) is 6.07 Å². The molecule has 0 saturated heterocycles. The molecule has 0 unspecified atom stereocenters. The predicted molar refractivity (Wildman–Crippen MR) is 97.3 cm³/mol. The van der Waals surface area contributed by atoms with Crippen LogP contribution in [0.5, 0.6) is 5.75 Å². The van der Waals surface area contributed by atoms with Gasteiger partial charge in [0, 0.05) is 35.6 Å². The largest absolute Gasteiger partial charge is 0.496 e. The van der Waals surface area contributed by atoms with Crippen LogP contribution in [-0.4, -0.2) is 23.5 Å². The molecule has 1 heterocycles. The fourth-order valence-electron chi connectivity index (χ4n) is 1.97. The van der Waals surface area contributed by atoms with E-state index in [2.05, 4.69) is 10.3 Å². The Morgan fingerprint density at radius 2 is 1.70 bits per heavy atom. The quantitative estimate of drug-likeness (QED) is 0.842. The van der Waals surface area contributed by atoms with Gasteiger partial charge in [-0.2, -0.15) is 13.2 Å². The Morgan fingerprint density at radius 1 is 1.15 bits per heavy atom. The average Bonchev–Trinajstić information content (AvgIpc) is 2.57. The molecule has 0 aliphatic rings. The molecule has 2 aromatic rings. The summed E-state index contributed by atoms with van der Waals surface area (Å²) in [6.07, 6.45) is -1.60. The fraction of sp³-hybridized carbons (Fsp3) is 0.368. The van der Waals surface area contributed by atoms with E-state index in [-0.39, 0.29) is 23.4 Å². The summed E-state index contributed by atoms with van der Waals surface area (Å²) in [6.45, 7) is 5.82. The molecule has 3 N–H and O–H groups in total. The van der Waals surface area contributed by atoms with Crippen molar-refractivity contribution in [1.82, 2.24) is 10.3 Å². The Bertz CT molecular complexity index is 736. The number of aromatic nitrogens is 1. The molecule has 5 nitrogen and oxygen atoms in total. The number of rotatable bonds is 4. The lowest BCUT2D eigenvalue weighted by Crippen LogP contribution is -2.26. The van der Waals surface area contributed by atoms with Gasteiger partial charge in [-0.1, -0.05) is 12.1 Å². The molecule has 1 aromatic carbocycles. The highest BCUT2D eigenvalue weighted by Crippen LogP contribution is 2.37. The molecule has 0 spiro atoms. The Kier molecular flexibility index (Phi) is 7.78. The Balaban J connectivity index is 0.000000646. The maximum atomic E-state index is 12.9. The van der Waals surface area contributed by atoms with Crippen LogP contribution in [0.3, 0.4) is 0 Å². The molecule has 0 aliphatic carbocycles. The van der Waals surface area contributed by atoms with Gasteiger partial charge >= 0.3 is 6.18 Å². The Hall–Kier alpha value is -2.61. The van der Waals surface area contributed by atoms with Crippen LogP contribution in [0.25, 0.3) is 0 Å². The summed E-state index contributed by atoms with van der Waals surface area (Å²) in [7, 11) is 1.17. The van der Waals surface area contributed by atoms with Gasteiger partial charge < -0.3 is 15.8 Å². The summed E-state index contributed by atoms with van der Waals surface area (Å²) < 4.78 is 43.6. The highest BCUT2D eigenvalue weighted by Gasteiger charge is 2.35. The third kappa shape index (κ3) is 8.08. The van der Waals surface area contributed by atoms with Crippen molar-refractivity contribution < 1.29 is 22.7 Å². The zero-order valence-corrected chi connectivity index (χ0v) is 15.7. The van der Waals surface area contributed by atoms with Gasteiger partial charge in [-0.15, -0.1) is 0 Å². The smallest absolute Gasteiger partial charge is 0.419 e. The van der Waals surface area contributed by atoms with Crippen molar-refractivity contribution in [3.8, 4) is 5.75 Å². The standard InChI is InChI=1S/C15H13F3N2O2.C4H11N/c1-22-13-11(3-2-4-12(13)15(16,17)18)9-20-14(21)10-5-7-19-8-6-10;1-4(2,3)5/h2-8H,9H2,1H3,(H,20,21);5H2,1-3H3. The number of benzene rings is 1. The van der Waals surface area contributed by atoms with Crippen molar-refractivity contribution >= 4 is 5.91 Å². The third-order valence-corrected chi connectivity index (χ3v) is 2.99. The highest BCUT2D eigenvalue weighted by molar-refractivity contribution is 5.93. The van der Waals surface area contributed by atoms with Gasteiger partial charge in [0.2, 0.25) is 0 Å². The van der Waals surface area contributed by atoms with E-state index in [1.807, 2.05) is 20.8 Å². The normalized spacial score (nSPS) is 11.3. The molecule has 2 rings (SSSR count). The zero-order chi connectivity index (χ0) is 20.7. The molecule has 0 fully saturated rings. The highest BCUT2D eigenvalue weighted by atomic mass is 19.4. The van der Waals surface area contributed by atoms with Crippen molar-refractivity contribution in [3.05, 3.63) is 59.4 Å². The topological polar surface area (TPSA) is 77.2 Å². The minimum atomic E-state index is -4.52. The van der Waals surface area contributed by atoms with E-state index < -0.39 is 17.6 Å². The second-order valence-corrected chi connectivity index (χ2v) is 6.78. The molecule has 1 amide bonds. The Labute approximate surface area is 156 Å². The molecule has 0 radical (unpaired) electrons. The number of nitrogens with one attached hydrogen (secondary N) is 1. The van der Waals surface area contributed by atoms with Gasteiger partial charge in [0.15, 0.2) is 0 Å². The molecular weight excluding hydrogens is 359 g/mol. The molecule has 8 heteroatoms. The number of methoxy groups -OCH3 is 1. The second-order valence-electron chi connectivity index (χ2n) is 6.78. The van der Waals surface area contributed by atoms with E-state index in [4.69, 9.17) is 10.5 Å². The van der Waals surface area contributed by atoms with E-state index in [0.29, 0.717) is 5.56 Å². The number of hydrogen-bond acceptors (Lipinski definition) is 4. The average molecular weight is 383 g/mol. The Morgan fingerprint density at radius 3 is 2.19 bits per heavy atom. The van der Waals surface area contributed by atoms with Crippen LogP contribution in [-0.2, 0) is 12.7 Å². The van der Waals surface area contributed by atoms with Crippen LogP contribution in [0, 0.1) is 0 Å². The summed E-state index contributed by atoms with van der Waals surface area (Å²) in [5, 5.41) is 2.55. The molecule has 0 atom stereocenters. The summed E-state index contributed by atoms with van der Waals surface area (Å²) in [5.41, 5.74) is 5.11. The van der Waals surface area contributed by atoms with Crippen molar-refractivity contribution in [1.29, 1.82) is 0 Å². The lowest BCUT2D eigenvalue weighted by molar-refractivity contribution is -0.138. The number of ether oxygens (including phenoxy) is 1. The molecular formula is C19H24F3N3O2. The monoisotopic (exact) mass is 383 g/mol. The summed E-state index contributed by atoms with van der Waals surface area (Å²) in [4.78, 5) is 15.7. The van der Waals surface area contributed by atoms with Crippen LogP contribution in [0.1, 0.15) is 42.3 Å². The number of carbonyl (C=O) groups excluding carboxylic acids is 1. The first-order chi connectivity index (χ1) is 12.4. The number of nitrogens with zero attached hydrogens (tertiary/aromatic N) is 1. The van der Waals surface area contributed by atoms with Gasteiger partial charge in [-0.05, 0) is 39.0 Å². The van der Waals surface area contributed by atoms with Crippen LogP contribution in [0.15, 0.2) is 42.7 Å². The van der Waals surface area contributed by atoms with Crippen LogP contribution in [0.2, 0.25) is 0 Å². The van der Waals surface area contributed by atoms with E-state index in [9.17, 15) is 18.0 Å². The lowest BCUT2D eigenvalue weighted by Gasteiger charge is -2.16. The minimum absolute atomic E-state index is 0. The van der Waals surface area contributed by atoms with Crippen molar-refractivity contribution in [2.45, 2.75) is 39.0 Å². The molecule has 0 aliphatic heterocycles. The molecule has 148 valence electrons.